The van der Waals surface area contributed by atoms with Crippen LogP contribution in [0.3, 0.4) is 0 Å². The Bertz CT molecular complexity index is 743. The van der Waals surface area contributed by atoms with Crippen LogP contribution >= 0.6 is 11.6 Å². The van der Waals surface area contributed by atoms with Gasteiger partial charge >= 0.3 is 0 Å². The van der Waals surface area contributed by atoms with Crippen LogP contribution < -0.4 is 5.32 Å². The van der Waals surface area contributed by atoms with Crippen LogP contribution in [-0.2, 0) is 6.54 Å². The highest BCUT2D eigenvalue weighted by molar-refractivity contribution is 6.35. The average Bonchev–Trinajstić information content (AvgIpc) is 2.55. The number of rotatable bonds is 4. The molecule has 3 nitrogen and oxygen atoms in total. The third-order valence-corrected chi connectivity index (χ3v) is 3.86. The molecule has 106 valence electrons. The van der Waals surface area contributed by atoms with Gasteiger partial charge in [-0.1, -0.05) is 23.7 Å². The van der Waals surface area contributed by atoms with Crippen molar-refractivity contribution in [1.82, 2.24) is 15.3 Å². The molecule has 0 aliphatic carbocycles. The predicted octanol–water partition coefficient (Wildman–Crippen LogP) is 4.13. The summed E-state index contributed by atoms with van der Waals surface area (Å²) in [5.41, 5.74) is 3.12. The summed E-state index contributed by atoms with van der Waals surface area (Å²) in [5.74, 6) is 0. The molecule has 0 spiro atoms. The van der Waals surface area contributed by atoms with Crippen molar-refractivity contribution in [2.45, 2.75) is 19.5 Å². The van der Waals surface area contributed by atoms with Crippen molar-refractivity contribution < 1.29 is 0 Å². The number of nitrogens with one attached hydrogen (secondary N) is 1. The van der Waals surface area contributed by atoms with E-state index >= 15 is 0 Å². The van der Waals surface area contributed by atoms with Gasteiger partial charge in [0.25, 0.3) is 0 Å². The lowest BCUT2D eigenvalue weighted by Gasteiger charge is -2.14. The molecule has 1 aromatic carbocycles. The number of fused-ring (bicyclic) bond motifs is 1. The first-order valence-corrected chi connectivity index (χ1v) is 7.30. The van der Waals surface area contributed by atoms with Gasteiger partial charge in [0.1, 0.15) is 0 Å². The lowest BCUT2D eigenvalue weighted by molar-refractivity contribution is 0.563. The topological polar surface area (TPSA) is 37.8 Å². The number of hydrogen-bond acceptors (Lipinski definition) is 3. The quantitative estimate of drug-likeness (QED) is 0.786. The zero-order valence-electron chi connectivity index (χ0n) is 11.8. The van der Waals surface area contributed by atoms with Gasteiger partial charge in [-0.2, -0.15) is 0 Å². The highest BCUT2D eigenvalue weighted by Gasteiger charge is 2.09. The molecule has 0 aliphatic heterocycles. The molecule has 3 aromatic rings. The maximum Gasteiger partial charge on any atom is 0.0761 e. The van der Waals surface area contributed by atoms with Crippen LogP contribution in [0.25, 0.3) is 10.9 Å². The van der Waals surface area contributed by atoms with E-state index < -0.39 is 0 Å². The molecular weight excluding hydrogens is 282 g/mol. The van der Waals surface area contributed by atoms with Gasteiger partial charge in [0.05, 0.1) is 11.2 Å². The third kappa shape index (κ3) is 3.04. The molecule has 0 unspecified atom stereocenters. The maximum absolute atomic E-state index is 6.22. The first-order valence-electron chi connectivity index (χ1n) is 6.92. The molecule has 0 saturated heterocycles. The van der Waals surface area contributed by atoms with E-state index in [0.717, 1.165) is 33.7 Å². The fraction of sp³-hybridized carbons (Fsp3) is 0.176. The molecule has 0 radical (unpaired) electrons. The molecule has 0 saturated carbocycles. The third-order valence-electron chi connectivity index (χ3n) is 3.53. The Kier molecular flexibility index (Phi) is 4.13. The fourth-order valence-electron chi connectivity index (χ4n) is 2.34. The number of hydrogen-bond donors (Lipinski definition) is 1. The molecule has 0 bridgehead atoms. The van der Waals surface area contributed by atoms with E-state index in [1.54, 1.807) is 6.20 Å². The Labute approximate surface area is 129 Å². The smallest absolute Gasteiger partial charge is 0.0761 e. The van der Waals surface area contributed by atoms with Crippen LogP contribution in [0.1, 0.15) is 24.2 Å². The first-order chi connectivity index (χ1) is 10.3. The van der Waals surface area contributed by atoms with E-state index in [-0.39, 0.29) is 6.04 Å². The summed E-state index contributed by atoms with van der Waals surface area (Å²) in [7, 11) is 0. The molecule has 3 rings (SSSR count). The number of aromatic nitrogens is 2. The van der Waals surface area contributed by atoms with Crippen molar-refractivity contribution in [2.75, 3.05) is 0 Å². The lowest BCUT2D eigenvalue weighted by atomic mass is 10.1. The fourth-order valence-corrected chi connectivity index (χ4v) is 2.55. The van der Waals surface area contributed by atoms with E-state index in [1.165, 1.54) is 0 Å². The zero-order chi connectivity index (χ0) is 14.7. The monoisotopic (exact) mass is 297 g/mol. The molecule has 21 heavy (non-hydrogen) atoms. The molecule has 1 N–H and O–H groups in total. The van der Waals surface area contributed by atoms with Crippen molar-refractivity contribution in [1.29, 1.82) is 0 Å². The van der Waals surface area contributed by atoms with Gasteiger partial charge in [0, 0.05) is 35.4 Å². The standard InChI is InChI=1S/C17H16ClN3/c1-12(16-6-2-3-9-19-16)21-11-13-7-8-15(18)14-5-4-10-20-17(13)14/h2-10,12,21H,11H2,1H3/t12-/m0/s1. The van der Waals surface area contributed by atoms with Crippen LogP contribution in [0, 0.1) is 0 Å². The summed E-state index contributed by atoms with van der Waals surface area (Å²) in [4.78, 5) is 8.82. The SMILES string of the molecule is C[C@H](NCc1ccc(Cl)c2cccnc12)c1ccccn1. The molecule has 0 aliphatic rings. The Hall–Kier alpha value is -1.97. The van der Waals surface area contributed by atoms with E-state index in [9.17, 15) is 0 Å². The van der Waals surface area contributed by atoms with Crippen LogP contribution in [0.5, 0.6) is 0 Å². The van der Waals surface area contributed by atoms with Gasteiger partial charge in [-0.3, -0.25) is 9.97 Å². The van der Waals surface area contributed by atoms with Crippen molar-refractivity contribution in [3.05, 3.63) is 71.1 Å². The normalized spacial score (nSPS) is 12.5. The summed E-state index contributed by atoms with van der Waals surface area (Å²) in [6.07, 6.45) is 3.61. The van der Waals surface area contributed by atoms with Crippen molar-refractivity contribution in [3.63, 3.8) is 0 Å². The van der Waals surface area contributed by atoms with Gasteiger partial charge in [0.2, 0.25) is 0 Å². The second-order valence-electron chi connectivity index (χ2n) is 4.96. The summed E-state index contributed by atoms with van der Waals surface area (Å²) >= 11 is 6.22. The molecule has 1 atom stereocenters. The van der Waals surface area contributed by atoms with Crippen LogP contribution in [-0.4, -0.2) is 9.97 Å². The molecule has 2 heterocycles. The number of nitrogens with zero attached hydrogens (tertiary/aromatic N) is 2. The van der Waals surface area contributed by atoms with Crippen molar-refractivity contribution >= 4 is 22.5 Å². The van der Waals surface area contributed by atoms with E-state index in [0.29, 0.717) is 0 Å². The summed E-state index contributed by atoms with van der Waals surface area (Å²) < 4.78 is 0. The van der Waals surface area contributed by atoms with Crippen LogP contribution in [0.2, 0.25) is 5.02 Å². The van der Waals surface area contributed by atoms with Gasteiger partial charge in [0.15, 0.2) is 0 Å². The van der Waals surface area contributed by atoms with Crippen LogP contribution in [0.4, 0.5) is 0 Å². The highest BCUT2D eigenvalue weighted by atomic mass is 35.5. The number of pyridine rings is 2. The largest absolute Gasteiger partial charge is 0.305 e. The minimum Gasteiger partial charge on any atom is -0.305 e. The van der Waals surface area contributed by atoms with Gasteiger partial charge < -0.3 is 5.32 Å². The van der Waals surface area contributed by atoms with E-state index in [2.05, 4.69) is 22.2 Å². The highest BCUT2D eigenvalue weighted by Crippen LogP contribution is 2.25. The molecule has 2 aromatic heterocycles. The second-order valence-corrected chi connectivity index (χ2v) is 5.37. The Balaban J connectivity index is 1.81. The summed E-state index contributed by atoms with van der Waals surface area (Å²) in [5, 5.41) is 5.21. The minimum absolute atomic E-state index is 0.181. The van der Waals surface area contributed by atoms with E-state index in [4.69, 9.17) is 11.6 Å². The predicted molar refractivity (Wildman–Crippen MR) is 86.2 cm³/mol. The lowest BCUT2D eigenvalue weighted by Crippen LogP contribution is -2.19. The average molecular weight is 298 g/mol. The molecule has 0 amide bonds. The Morgan fingerprint density at radius 3 is 2.71 bits per heavy atom. The minimum atomic E-state index is 0.181. The number of benzene rings is 1. The first kappa shape index (κ1) is 14.0. The van der Waals surface area contributed by atoms with Crippen molar-refractivity contribution in [3.8, 4) is 0 Å². The molecule has 4 heteroatoms. The zero-order valence-corrected chi connectivity index (χ0v) is 12.5. The summed E-state index contributed by atoms with van der Waals surface area (Å²) in [6, 6.07) is 14.0. The van der Waals surface area contributed by atoms with E-state index in [1.807, 2.05) is 48.7 Å². The van der Waals surface area contributed by atoms with Gasteiger partial charge in [-0.25, -0.2) is 0 Å². The summed E-state index contributed by atoms with van der Waals surface area (Å²) in [6.45, 7) is 2.83. The number of halogens is 1. The molecule has 0 fully saturated rings. The van der Waals surface area contributed by atoms with Gasteiger partial charge in [-0.05, 0) is 42.8 Å². The maximum atomic E-state index is 6.22. The van der Waals surface area contributed by atoms with Crippen LogP contribution in [0.15, 0.2) is 54.9 Å². The van der Waals surface area contributed by atoms with Crippen molar-refractivity contribution in [2.24, 2.45) is 0 Å². The van der Waals surface area contributed by atoms with Gasteiger partial charge in [-0.15, -0.1) is 0 Å². The Morgan fingerprint density at radius 2 is 1.90 bits per heavy atom. The Morgan fingerprint density at radius 1 is 1.05 bits per heavy atom. The molecular formula is C17H16ClN3. The second kappa shape index (κ2) is 6.20.